The number of halogens is 1. The number of carbonyl (C=O) groups is 1. The second kappa shape index (κ2) is 7.50. The summed E-state index contributed by atoms with van der Waals surface area (Å²) in [5.74, 6) is 0.487. The van der Waals surface area contributed by atoms with E-state index in [2.05, 4.69) is 0 Å². The number of hydrogen-bond donors (Lipinski definition) is 1. The van der Waals surface area contributed by atoms with Gasteiger partial charge in [0.15, 0.2) is 6.61 Å². The molecule has 2 rings (SSSR count). The van der Waals surface area contributed by atoms with E-state index in [4.69, 9.17) is 21.4 Å². The maximum atomic E-state index is 12.2. The van der Waals surface area contributed by atoms with Gasteiger partial charge >= 0.3 is 0 Å². The van der Waals surface area contributed by atoms with Gasteiger partial charge in [0.2, 0.25) is 0 Å². The van der Waals surface area contributed by atoms with Gasteiger partial charge in [-0.15, -0.1) is 0 Å². The molecule has 1 aliphatic heterocycles. The Hall–Kier alpha value is -1.26. The lowest BCUT2D eigenvalue weighted by molar-refractivity contribution is -0.137. The predicted octanol–water partition coefficient (Wildman–Crippen LogP) is 2.48. The average Bonchev–Trinajstić information content (AvgIpc) is 2.47. The van der Waals surface area contributed by atoms with Gasteiger partial charge in [-0.05, 0) is 37.8 Å². The van der Waals surface area contributed by atoms with E-state index in [1.54, 1.807) is 12.1 Å². The standard InChI is InChI=1S/C15H20ClNO3/c16-13-6-1-2-7-14(13)20-11-15(19)17-9-4-3-5-12(17)8-10-18/h1-2,6-7,12,18H,3-5,8-11H2. The quantitative estimate of drug-likeness (QED) is 0.908. The molecule has 5 heteroatoms. The molecule has 1 aromatic rings. The molecule has 0 spiro atoms. The van der Waals surface area contributed by atoms with E-state index in [-0.39, 0.29) is 25.2 Å². The summed E-state index contributed by atoms with van der Waals surface area (Å²) in [5.41, 5.74) is 0. The third-order valence-electron chi connectivity index (χ3n) is 3.60. The van der Waals surface area contributed by atoms with Crippen molar-refractivity contribution >= 4 is 17.5 Å². The number of ether oxygens (including phenoxy) is 1. The topological polar surface area (TPSA) is 49.8 Å². The number of rotatable bonds is 5. The minimum atomic E-state index is -0.0388. The number of amides is 1. The summed E-state index contributed by atoms with van der Waals surface area (Å²) in [7, 11) is 0. The largest absolute Gasteiger partial charge is 0.482 e. The second-order valence-corrected chi connectivity index (χ2v) is 5.38. The van der Waals surface area contributed by atoms with Gasteiger partial charge in [0.1, 0.15) is 5.75 Å². The normalized spacial score (nSPS) is 18.9. The van der Waals surface area contributed by atoms with Crippen LogP contribution in [-0.2, 0) is 4.79 Å². The first-order valence-corrected chi connectivity index (χ1v) is 7.38. The SMILES string of the molecule is O=C(COc1ccccc1Cl)N1CCCCC1CCO. The second-order valence-electron chi connectivity index (χ2n) is 4.97. The number of benzene rings is 1. The number of aliphatic hydroxyl groups excluding tert-OH is 1. The lowest BCUT2D eigenvalue weighted by Crippen LogP contribution is -2.46. The summed E-state index contributed by atoms with van der Waals surface area (Å²) in [6.07, 6.45) is 3.72. The molecular weight excluding hydrogens is 278 g/mol. The van der Waals surface area contributed by atoms with Crippen molar-refractivity contribution in [2.24, 2.45) is 0 Å². The maximum Gasteiger partial charge on any atom is 0.260 e. The zero-order valence-electron chi connectivity index (χ0n) is 11.4. The van der Waals surface area contributed by atoms with Crippen LogP contribution in [0.5, 0.6) is 5.75 Å². The van der Waals surface area contributed by atoms with Crippen molar-refractivity contribution < 1.29 is 14.6 Å². The van der Waals surface area contributed by atoms with E-state index in [1.807, 2.05) is 17.0 Å². The Kier molecular flexibility index (Phi) is 5.68. The van der Waals surface area contributed by atoms with E-state index >= 15 is 0 Å². The van der Waals surface area contributed by atoms with Crippen LogP contribution in [0.2, 0.25) is 5.02 Å². The first-order chi connectivity index (χ1) is 9.72. The minimum absolute atomic E-state index is 0.00827. The highest BCUT2D eigenvalue weighted by Crippen LogP contribution is 2.24. The van der Waals surface area contributed by atoms with Crippen LogP contribution in [0, 0.1) is 0 Å². The van der Waals surface area contributed by atoms with Gasteiger partial charge in [-0.25, -0.2) is 0 Å². The predicted molar refractivity (Wildman–Crippen MR) is 78.0 cm³/mol. The van der Waals surface area contributed by atoms with Crippen molar-refractivity contribution in [3.63, 3.8) is 0 Å². The smallest absolute Gasteiger partial charge is 0.260 e. The Morgan fingerprint density at radius 1 is 1.40 bits per heavy atom. The fraction of sp³-hybridized carbons (Fsp3) is 0.533. The van der Waals surface area contributed by atoms with Crippen LogP contribution in [0.4, 0.5) is 0 Å². The molecule has 1 aromatic carbocycles. The van der Waals surface area contributed by atoms with Crippen molar-refractivity contribution in [2.45, 2.75) is 31.7 Å². The summed E-state index contributed by atoms with van der Waals surface area (Å²) < 4.78 is 5.49. The first kappa shape index (κ1) is 15.1. The Morgan fingerprint density at radius 2 is 2.20 bits per heavy atom. The molecule has 1 saturated heterocycles. The Balaban J connectivity index is 1.91. The van der Waals surface area contributed by atoms with Crippen molar-refractivity contribution in [2.75, 3.05) is 19.8 Å². The van der Waals surface area contributed by atoms with E-state index < -0.39 is 0 Å². The molecule has 20 heavy (non-hydrogen) atoms. The van der Waals surface area contributed by atoms with Gasteiger partial charge in [-0.2, -0.15) is 0 Å². The highest BCUT2D eigenvalue weighted by atomic mass is 35.5. The third-order valence-corrected chi connectivity index (χ3v) is 3.91. The number of carbonyl (C=O) groups excluding carboxylic acids is 1. The highest BCUT2D eigenvalue weighted by molar-refractivity contribution is 6.32. The third kappa shape index (κ3) is 3.87. The van der Waals surface area contributed by atoms with E-state index in [1.165, 1.54) is 0 Å². The van der Waals surface area contributed by atoms with Crippen LogP contribution in [0.1, 0.15) is 25.7 Å². The molecule has 1 N–H and O–H groups in total. The number of likely N-dealkylation sites (tertiary alicyclic amines) is 1. The molecule has 1 amide bonds. The highest BCUT2D eigenvalue weighted by Gasteiger charge is 2.26. The van der Waals surface area contributed by atoms with Crippen LogP contribution in [0.25, 0.3) is 0 Å². The number of hydrogen-bond acceptors (Lipinski definition) is 3. The molecule has 0 radical (unpaired) electrons. The fourth-order valence-corrected chi connectivity index (χ4v) is 2.75. The molecule has 0 saturated carbocycles. The molecule has 0 aliphatic carbocycles. The number of nitrogens with zero attached hydrogens (tertiary/aromatic N) is 1. The number of para-hydroxylation sites is 1. The van der Waals surface area contributed by atoms with E-state index in [0.29, 0.717) is 17.2 Å². The molecule has 0 aromatic heterocycles. The zero-order valence-corrected chi connectivity index (χ0v) is 12.2. The molecule has 1 heterocycles. The molecule has 1 fully saturated rings. The average molecular weight is 298 g/mol. The number of piperidine rings is 1. The summed E-state index contributed by atoms with van der Waals surface area (Å²) in [4.78, 5) is 14.1. The van der Waals surface area contributed by atoms with Gasteiger partial charge in [-0.1, -0.05) is 23.7 Å². The summed E-state index contributed by atoms with van der Waals surface area (Å²) in [5, 5.41) is 9.58. The van der Waals surface area contributed by atoms with Crippen LogP contribution < -0.4 is 4.74 Å². The molecule has 1 atom stereocenters. The Morgan fingerprint density at radius 3 is 2.95 bits per heavy atom. The van der Waals surface area contributed by atoms with Gasteiger partial charge < -0.3 is 14.7 Å². The van der Waals surface area contributed by atoms with Gasteiger partial charge in [0, 0.05) is 19.2 Å². The monoisotopic (exact) mass is 297 g/mol. The van der Waals surface area contributed by atoms with E-state index in [0.717, 1.165) is 25.8 Å². The summed E-state index contributed by atoms with van der Waals surface area (Å²) in [6.45, 7) is 0.848. The summed E-state index contributed by atoms with van der Waals surface area (Å²) in [6, 6.07) is 7.25. The first-order valence-electron chi connectivity index (χ1n) is 7.00. The van der Waals surface area contributed by atoms with Gasteiger partial charge in [-0.3, -0.25) is 4.79 Å². The lowest BCUT2D eigenvalue weighted by atomic mass is 9.99. The van der Waals surface area contributed by atoms with Crippen molar-refractivity contribution in [3.05, 3.63) is 29.3 Å². The number of aliphatic hydroxyl groups is 1. The fourth-order valence-electron chi connectivity index (χ4n) is 2.56. The van der Waals surface area contributed by atoms with Crippen molar-refractivity contribution in [1.82, 2.24) is 4.90 Å². The Labute approximate surface area is 124 Å². The molecule has 1 unspecified atom stereocenters. The molecule has 4 nitrogen and oxygen atoms in total. The molecular formula is C15H20ClNO3. The van der Waals surface area contributed by atoms with E-state index in [9.17, 15) is 4.79 Å². The maximum absolute atomic E-state index is 12.2. The molecule has 1 aliphatic rings. The van der Waals surface area contributed by atoms with Crippen LogP contribution in [0.15, 0.2) is 24.3 Å². The minimum Gasteiger partial charge on any atom is -0.482 e. The van der Waals surface area contributed by atoms with Crippen LogP contribution in [0.3, 0.4) is 0 Å². The van der Waals surface area contributed by atoms with Gasteiger partial charge in [0.25, 0.3) is 5.91 Å². The van der Waals surface area contributed by atoms with Crippen molar-refractivity contribution in [1.29, 1.82) is 0 Å². The summed E-state index contributed by atoms with van der Waals surface area (Å²) >= 11 is 5.99. The zero-order chi connectivity index (χ0) is 14.4. The molecule has 110 valence electrons. The van der Waals surface area contributed by atoms with Crippen LogP contribution >= 0.6 is 11.6 Å². The Bertz CT molecular complexity index is 450. The van der Waals surface area contributed by atoms with Gasteiger partial charge in [0.05, 0.1) is 5.02 Å². The molecule has 0 bridgehead atoms. The lowest BCUT2D eigenvalue weighted by Gasteiger charge is -2.35. The van der Waals surface area contributed by atoms with Crippen molar-refractivity contribution in [3.8, 4) is 5.75 Å². The van der Waals surface area contributed by atoms with Crippen LogP contribution in [-0.4, -0.2) is 41.7 Å².